The number of nitrogens with zero attached hydrogens (tertiary/aromatic N) is 4. The largest absolute Gasteiger partial charge is 0.336 e. The molecule has 1 fully saturated rings. The summed E-state index contributed by atoms with van der Waals surface area (Å²) >= 11 is 0. The average Bonchev–Trinajstić information content (AvgIpc) is 3.07. The monoisotopic (exact) mass is 486 g/mol. The standard InChI is InChI=1S/C24H27FN4O4S/c1-17(2)16-29-23(30)21-7-4-3-6-20(21)22(26-29)24(31)27-12-5-13-28(15-14-27)34(32,33)19-10-8-18(25)9-11-19/h3-4,6-11,17H,5,12-16H2,1-2H3. The molecule has 34 heavy (non-hydrogen) atoms. The highest BCUT2D eigenvalue weighted by molar-refractivity contribution is 7.89. The third kappa shape index (κ3) is 4.74. The van der Waals surface area contributed by atoms with Crippen molar-refractivity contribution in [3.63, 3.8) is 0 Å². The fourth-order valence-corrected chi connectivity index (χ4v) is 5.57. The van der Waals surface area contributed by atoms with Crippen LogP contribution < -0.4 is 5.56 Å². The van der Waals surface area contributed by atoms with Crippen LogP contribution in [0.3, 0.4) is 0 Å². The first kappa shape index (κ1) is 24.0. The highest BCUT2D eigenvalue weighted by Gasteiger charge is 2.30. The van der Waals surface area contributed by atoms with Gasteiger partial charge in [-0.15, -0.1) is 0 Å². The molecule has 1 amide bonds. The van der Waals surface area contributed by atoms with Crippen LogP contribution in [0.2, 0.25) is 0 Å². The van der Waals surface area contributed by atoms with Gasteiger partial charge in [-0.05, 0) is 42.7 Å². The summed E-state index contributed by atoms with van der Waals surface area (Å²) in [4.78, 5) is 28.0. The highest BCUT2D eigenvalue weighted by Crippen LogP contribution is 2.20. The maximum absolute atomic E-state index is 13.5. The van der Waals surface area contributed by atoms with Gasteiger partial charge in [-0.3, -0.25) is 9.59 Å². The molecule has 180 valence electrons. The molecule has 1 aromatic heterocycles. The lowest BCUT2D eigenvalue weighted by atomic mass is 10.1. The molecule has 8 nitrogen and oxygen atoms in total. The van der Waals surface area contributed by atoms with Crippen molar-refractivity contribution in [1.29, 1.82) is 0 Å². The first-order valence-corrected chi connectivity index (χ1v) is 12.7. The summed E-state index contributed by atoms with van der Waals surface area (Å²) in [5, 5.41) is 5.33. The van der Waals surface area contributed by atoms with Gasteiger partial charge in [0, 0.05) is 38.1 Å². The maximum atomic E-state index is 13.5. The van der Waals surface area contributed by atoms with Crippen LogP contribution in [0.5, 0.6) is 0 Å². The molecular formula is C24H27FN4O4S. The van der Waals surface area contributed by atoms with Crippen molar-refractivity contribution in [2.24, 2.45) is 5.92 Å². The van der Waals surface area contributed by atoms with Gasteiger partial charge in [0.15, 0.2) is 5.69 Å². The molecule has 1 aliphatic rings. The number of amides is 1. The minimum Gasteiger partial charge on any atom is -0.336 e. The van der Waals surface area contributed by atoms with Gasteiger partial charge in [-0.2, -0.15) is 9.40 Å². The number of hydrogen-bond acceptors (Lipinski definition) is 5. The van der Waals surface area contributed by atoms with Gasteiger partial charge in [0.1, 0.15) is 5.82 Å². The molecule has 0 N–H and O–H groups in total. The van der Waals surface area contributed by atoms with E-state index in [1.807, 2.05) is 13.8 Å². The zero-order valence-corrected chi connectivity index (χ0v) is 20.0. The van der Waals surface area contributed by atoms with Gasteiger partial charge in [-0.25, -0.2) is 17.5 Å². The van der Waals surface area contributed by atoms with Crippen molar-refractivity contribution in [2.45, 2.75) is 31.7 Å². The summed E-state index contributed by atoms with van der Waals surface area (Å²) in [7, 11) is -3.81. The zero-order chi connectivity index (χ0) is 24.5. The second-order valence-electron chi connectivity index (χ2n) is 8.78. The Morgan fingerprint density at radius 1 is 1.00 bits per heavy atom. The van der Waals surface area contributed by atoms with Crippen molar-refractivity contribution in [2.75, 3.05) is 26.2 Å². The van der Waals surface area contributed by atoms with E-state index < -0.39 is 15.8 Å². The molecule has 0 saturated carbocycles. The Bertz CT molecular complexity index is 1370. The SMILES string of the molecule is CC(C)Cn1nc(C(=O)N2CCCN(S(=O)(=O)c3ccc(F)cc3)CC2)c2ccccc2c1=O. The molecule has 0 atom stereocenters. The third-order valence-corrected chi connectivity index (χ3v) is 7.71. The number of rotatable bonds is 5. The number of aromatic nitrogens is 2. The quantitative estimate of drug-likeness (QED) is 0.553. The van der Waals surface area contributed by atoms with E-state index in [9.17, 15) is 22.4 Å². The van der Waals surface area contributed by atoms with E-state index in [1.54, 1.807) is 29.2 Å². The lowest BCUT2D eigenvalue weighted by Gasteiger charge is -2.22. The van der Waals surface area contributed by atoms with Crippen molar-refractivity contribution in [3.05, 3.63) is 70.4 Å². The van der Waals surface area contributed by atoms with Crippen LogP contribution >= 0.6 is 0 Å². The minimum absolute atomic E-state index is 0.0158. The lowest BCUT2D eigenvalue weighted by molar-refractivity contribution is 0.0757. The topological polar surface area (TPSA) is 92.6 Å². The number of carbonyl (C=O) groups excluding carboxylic acids is 1. The first-order valence-electron chi connectivity index (χ1n) is 11.2. The molecule has 1 aliphatic heterocycles. The molecule has 0 aliphatic carbocycles. The Morgan fingerprint density at radius 2 is 1.68 bits per heavy atom. The summed E-state index contributed by atoms with van der Waals surface area (Å²) in [5.74, 6) is -0.683. The normalized spacial score (nSPS) is 15.6. The summed E-state index contributed by atoms with van der Waals surface area (Å²) in [6.45, 7) is 5.20. The van der Waals surface area contributed by atoms with Crippen LogP contribution in [0.4, 0.5) is 4.39 Å². The summed E-state index contributed by atoms with van der Waals surface area (Å²) in [5.41, 5.74) is -0.0565. The molecule has 0 unspecified atom stereocenters. The van der Waals surface area contributed by atoms with Crippen molar-refractivity contribution in [1.82, 2.24) is 19.0 Å². The molecule has 2 aromatic carbocycles. The molecule has 0 bridgehead atoms. The number of fused-ring (bicyclic) bond motifs is 1. The predicted octanol–water partition coefficient (Wildman–Crippen LogP) is 2.73. The van der Waals surface area contributed by atoms with Crippen LogP contribution in [-0.4, -0.2) is 59.5 Å². The third-order valence-electron chi connectivity index (χ3n) is 5.80. The molecule has 10 heteroatoms. The van der Waals surface area contributed by atoms with Gasteiger partial charge in [0.05, 0.1) is 10.3 Å². The highest BCUT2D eigenvalue weighted by atomic mass is 32.2. The van der Waals surface area contributed by atoms with Crippen LogP contribution in [0.25, 0.3) is 10.8 Å². The average molecular weight is 487 g/mol. The van der Waals surface area contributed by atoms with Crippen molar-refractivity contribution in [3.8, 4) is 0 Å². The van der Waals surface area contributed by atoms with E-state index in [4.69, 9.17) is 0 Å². The fourth-order valence-electron chi connectivity index (χ4n) is 4.11. The van der Waals surface area contributed by atoms with Crippen molar-refractivity contribution >= 4 is 26.7 Å². The number of carbonyl (C=O) groups is 1. The predicted molar refractivity (Wildman–Crippen MR) is 127 cm³/mol. The van der Waals surface area contributed by atoms with E-state index in [0.717, 1.165) is 12.1 Å². The fraction of sp³-hybridized carbons (Fsp3) is 0.375. The smallest absolute Gasteiger partial charge is 0.274 e. The summed E-state index contributed by atoms with van der Waals surface area (Å²) < 4.78 is 41.9. The molecule has 3 aromatic rings. The van der Waals surface area contributed by atoms with E-state index in [1.165, 1.54) is 21.1 Å². The molecule has 2 heterocycles. The van der Waals surface area contributed by atoms with Crippen LogP contribution in [0, 0.1) is 11.7 Å². The summed E-state index contributed by atoms with van der Waals surface area (Å²) in [6, 6.07) is 11.6. The second kappa shape index (κ2) is 9.63. The van der Waals surface area contributed by atoms with Gasteiger partial charge in [0.2, 0.25) is 10.0 Å². The number of halogens is 1. The molecule has 4 rings (SSSR count). The molecule has 0 spiro atoms. The Kier molecular flexibility index (Phi) is 6.81. The van der Waals surface area contributed by atoms with Gasteiger partial charge in [-0.1, -0.05) is 32.0 Å². The maximum Gasteiger partial charge on any atom is 0.274 e. The second-order valence-corrected chi connectivity index (χ2v) is 10.7. The van der Waals surface area contributed by atoms with Crippen molar-refractivity contribution < 1.29 is 17.6 Å². The Balaban J connectivity index is 1.62. The molecule has 0 radical (unpaired) electrons. The number of hydrogen-bond donors (Lipinski definition) is 0. The van der Waals surface area contributed by atoms with E-state index in [2.05, 4.69) is 5.10 Å². The van der Waals surface area contributed by atoms with Gasteiger partial charge < -0.3 is 4.90 Å². The van der Waals surface area contributed by atoms with Gasteiger partial charge in [0.25, 0.3) is 11.5 Å². The Morgan fingerprint density at radius 3 is 2.35 bits per heavy atom. The Hall–Kier alpha value is -3.11. The van der Waals surface area contributed by atoms with E-state index >= 15 is 0 Å². The van der Waals surface area contributed by atoms with E-state index in [-0.39, 0.29) is 47.6 Å². The minimum atomic E-state index is -3.81. The van der Waals surface area contributed by atoms with Crippen LogP contribution in [-0.2, 0) is 16.6 Å². The molecular weight excluding hydrogens is 459 g/mol. The van der Waals surface area contributed by atoms with Crippen LogP contribution in [0.15, 0.2) is 58.2 Å². The zero-order valence-electron chi connectivity index (χ0n) is 19.1. The first-order chi connectivity index (χ1) is 16.2. The molecule has 1 saturated heterocycles. The Labute approximate surface area is 197 Å². The van der Waals surface area contributed by atoms with Crippen LogP contribution in [0.1, 0.15) is 30.8 Å². The number of benzene rings is 2. The van der Waals surface area contributed by atoms with E-state index in [0.29, 0.717) is 30.3 Å². The lowest BCUT2D eigenvalue weighted by Crippen LogP contribution is -2.38. The van der Waals surface area contributed by atoms with Gasteiger partial charge >= 0.3 is 0 Å². The summed E-state index contributed by atoms with van der Waals surface area (Å²) in [6.07, 6.45) is 0.440. The number of sulfonamides is 1.